The van der Waals surface area contributed by atoms with Gasteiger partial charge < -0.3 is 0 Å². The molecule has 98 valence electrons. The number of urea groups is 1. The van der Waals surface area contributed by atoms with Crippen molar-refractivity contribution in [2.24, 2.45) is 0 Å². The quantitative estimate of drug-likeness (QED) is 0.519. The Morgan fingerprint density at radius 3 is 2.68 bits per heavy atom. The van der Waals surface area contributed by atoms with Gasteiger partial charge in [-0.15, -0.1) is 17.9 Å². The molecular formula is C13H12N2O3S. The zero-order valence-corrected chi connectivity index (χ0v) is 11.1. The molecule has 2 heterocycles. The van der Waals surface area contributed by atoms with E-state index in [1.165, 1.54) is 23.5 Å². The maximum atomic E-state index is 12.1. The van der Waals surface area contributed by atoms with E-state index in [1.807, 2.05) is 19.1 Å². The number of carbonyl (C=O) groups is 3. The Hall–Kier alpha value is -2.21. The van der Waals surface area contributed by atoms with E-state index in [-0.39, 0.29) is 12.1 Å². The molecule has 0 radical (unpaired) electrons. The molecule has 1 aliphatic heterocycles. The molecule has 0 saturated carbocycles. The van der Waals surface area contributed by atoms with Gasteiger partial charge in [-0.3, -0.25) is 19.8 Å². The van der Waals surface area contributed by atoms with Crippen LogP contribution in [-0.2, 0) is 9.59 Å². The number of thiophene rings is 1. The Morgan fingerprint density at radius 1 is 1.37 bits per heavy atom. The van der Waals surface area contributed by atoms with Gasteiger partial charge in [-0.25, -0.2) is 4.79 Å². The summed E-state index contributed by atoms with van der Waals surface area (Å²) < 4.78 is 0. The van der Waals surface area contributed by atoms with E-state index in [9.17, 15) is 14.4 Å². The first kappa shape index (κ1) is 13.2. The lowest BCUT2D eigenvalue weighted by atomic mass is 10.1. The van der Waals surface area contributed by atoms with E-state index < -0.39 is 17.8 Å². The van der Waals surface area contributed by atoms with Crippen molar-refractivity contribution in [2.75, 3.05) is 6.54 Å². The molecule has 1 aromatic heterocycles. The lowest BCUT2D eigenvalue weighted by molar-refractivity contribution is -0.129. The molecule has 1 fully saturated rings. The number of hydrogen-bond donors (Lipinski definition) is 1. The molecule has 2 rings (SSSR count). The van der Waals surface area contributed by atoms with Crippen LogP contribution in [0.4, 0.5) is 4.79 Å². The zero-order chi connectivity index (χ0) is 14.0. The van der Waals surface area contributed by atoms with E-state index in [1.54, 1.807) is 0 Å². The lowest BCUT2D eigenvalue weighted by Gasteiger charge is -2.24. The van der Waals surface area contributed by atoms with Crippen molar-refractivity contribution < 1.29 is 14.4 Å². The van der Waals surface area contributed by atoms with Gasteiger partial charge in [0, 0.05) is 16.3 Å². The molecule has 5 nitrogen and oxygen atoms in total. The molecule has 0 aromatic carbocycles. The third-order valence-electron chi connectivity index (χ3n) is 2.55. The molecular weight excluding hydrogens is 264 g/mol. The zero-order valence-electron chi connectivity index (χ0n) is 10.3. The van der Waals surface area contributed by atoms with E-state index in [0.717, 1.165) is 14.7 Å². The minimum Gasteiger partial charge on any atom is -0.273 e. The Balaban J connectivity index is 2.35. The van der Waals surface area contributed by atoms with Crippen LogP contribution in [0.5, 0.6) is 0 Å². The molecule has 0 spiro atoms. The van der Waals surface area contributed by atoms with Gasteiger partial charge in [0.15, 0.2) is 0 Å². The number of nitrogens with zero attached hydrogens (tertiary/aromatic N) is 1. The van der Waals surface area contributed by atoms with Gasteiger partial charge in [-0.05, 0) is 25.1 Å². The van der Waals surface area contributed by atoms with Gasteiger partial charge in [0.2, 0.25) is 0 Å². The lowest BCUT2D eigenvalue weighted by Crippen LogP contribution is -2.54. The average molecular weight is 276 g/mol. The molecule has 0 unspecified atom stereocenters. The van der Waals surface area contributed by atoms with E-state index in [4.69, 9.17) is 0 Å². The van der Waals surface area contributed by atoms with E-state index in [0.29, 0.717) is 0 Å². The summed E-state index contributed by atoms with van der Waals surface area (Å²) in [6.45, 7) is 5.48. The minimum atomic E-state index is -0.714. The topological polar surface area (TPSA) is 66.5 Å². The van der Waals surface area contributed by atoms with Crippen molar-refractivity contribution in [3.05, 3.63) is 40.1 Å². The number of rotatable bonds is 3. The summed E-state index contributed by atoms with van der Waals surface area (Å²) in [5.74, 6) is -1.26. The SMILES string of the molecule is C=CCN1C(=O)NC(=O)/C(=C/c2ccc(C)s2)C1=O. The monoisotopic (exact) mass is 276 g/mol. The second-order valence-electron chi connectivity index (χ2n) is 3.97. The van der Waals surface area contributed by atoms with Gasteiger partial charge in [0.25, 0.3) is 11.8 Å². The first-order valence-electron chi connectivity index (χ1n) is 5.59. The summed E-state index contributed by atoms with van der Waals surface area (Å²) in [4.78, 5) is 38.1. The number of barbiturate groups is 1. The number of amides is 4. The van der Waals surface area contributed by atoms with Crippen LogP contribution in [0.1, 0.15) is 9.75 Å². The van der Waals surface area contributed by atoms with Crippen molar-refractivity contribution >= 4 is 35.3 Å². The highest BCUT2D eigenvalue weighted by atomic mass is 32.1. The molecule has 0 bridgehead atoms. The molecule has 0 aliphatic carbocycles. The van der Waals surface area contributed by atoms with Crippen LogP contribution in [-0.4, -0.2) is 29.3 Å². The van der Waals surface area contributed by atoms with Crippen molar-refractivity contribution in [1.82, 2.24) is 10.2 Å². The van der Waals surface area contributed by atoms with Gasteiger partial charge in [-0.1, -0.05) is 6.08 Å². The standard InChI is InChI=1S/C13H12N2O3S/c1-3-6-15-12(17)10(11(16)14-13(15)18)7-9-5-4-8(2)19-9/h3-5,7H,1,6H2,2H3,(H,14,16,18)/b10-7-. The molecule has 1 aromatic rings. The fourth-order valence-corrected chi connectivity index (χ4v) is 2.48. The third-order valence-corrected chi connectivity index (χ3v) is 3.49. The van der Waals surface area contributed by atoms with Crippen molar-refractivity contribution in [1.29, 1.82) is 0 Å². The summed E-state index contributed by atoms with van der Waals surface area (Å²) in [7, 11) is 0. The fraction of sp³-hybridized carbons (Fsp3) is 0.154. The van der Waals surface area contributed by atoms with Gasteiger partial charge in [0.05, 0.1) is 0 Å². The normalized spacial score (nSPS) is 17.8. The van der Waals surface area contributed by atoms with Gasteiger partial charge in [0.1, 0.15) is 5.57 Å². The van der Waals surface area contributed by atoms with Crippen LogP contribution < -0.4 is 5.32 Å². The first-order valence-corrected chi connectivity index (χ1v) is 6.41. The van der Waals surface area contributed by atoms with Crippen molar-refractivity contribution in [3.8, 4) is 0 Å². The van der Waals surface area contributed by atoms with Crippen LogP contribution in [0.15, 0.2) is 30.4 Å². The van der Waals surface area contributed by atoms with Crippen LogP contribution in [0.25, 0.3) is 6.08 Å². The van der Waals surface area contributed by atoms with Crippen LogP contribution in [0, 0.1) is 6.92 Å². The summed E-state index contributed by atoms with van der Waals surface area (Å²) in [5.41, 5.74) is -0.0386. The fourth-order valence-electron chi connectivity index (χ4n) is 1.66. The van der Waals surface area contributed by atoms with Crippen molar-refractivity contribution in [3.63, 3.8) is 0 Å². The maximum absolute atomic E-state index is 12.1. The molecule has 1 saturated heterocycles. The Kier molecular flexibility index (Phi) is 3.62. The Bertz CT molecular complexity index is 601. The number of aryl methyl sites for hydroxylation is 1. The average Bonchev–Trinajstić information content (AvgIpc) is 2.76. The number of hydrogen-bond acceptors (Lipinski definition) is 4. The van der Waals surface area contributed by atoms with Crippen LogP contribution in [0.3, 0.4) is 0 Å². The second-order valence-corrected chi connectivity index (χ2v) is 5.29. The smallest absolute Gasteiger partial charge is 0.273 e. The molecule has 0 atom stereocenters. The molecule has 6 heteroatoms. The predicted molar refractivity (Wildman–Crippen MR) is 72.5 cm³/mol. The highest BCUT2D eigenvalue weighted by molar-refractivity contribution is 7.12. The second kappa shape index (κ2) is 5.19. The Morgan fingerprint density at radius 2 is 2.11 bits per heavy atom. The molecule has 4 amide bonds. The molecule has 1 aliphatic rings. The minimum absolute atomic E-state index is 0.0386. The number of imide groups is 2. The van der Waals surface area contributed by atoms with Crippen LogP contribution >= 0.6 is 11.3 Å². The summed E-state index contributed by atoms with van der Waals surface area (Å²) in [5, 5.41) is 2.14. The molecule has 1 N–H and O–H groups in total. The third kappa shape index (κ3) is 2.63. The molecule has 19 heavy (non-hydrogen) atoms. The summed E-state index contributed by atoms with van der Waals surface area (Å²) in [6, 6.07) is 3.01. The largest absolute Gasteiger partial charge is 0.331 e. The van der Waals surface area contributed by atoms with Crippen LogP contribution in [0.2, 0.25) is 0 Å². The highest BCUT2D eigenvalue weighted by Gasteiger charge is 2.34. The summed E-state index contributed by atoms with van der Waals surface area (Å²) in [6.07, 6.45) is 2.93. The number of nitrogens with one attached hydrogen (secondary N) is 1. The van der Waals surface area contributed by atoms with E-state index >= 15 is 0 Å². The van der Waals surface area contributed by atoms with Gasteiger partial charge >= 0.3 is 6.03 Å². The van der Waals surface area contributed by atoms with E-state index in [2.05, 4.69) is 11.9 Å². The number of carbonyl (C=O) groups excluding carboxylic acids is 3. The van der Waals surface area contributed by atoms with Gasteiger partial charge in [-0.2, -0.15) is 0 Å². The first-order chi connectivity index (χ1) is 9.02. The maximum Gasteiger partial charge on any atom is 0.331 e. The highest BCUT2D eigenvalue weighted by Crippen LogP contribution is 2.20. The Labute approximate surface area is 114 Å². The summed E-state index contributed by atoms with van der Waals surface area (Å²) >= 11 is 1.47. The predicted octanol–water partition coefficient (Wildman–Crippen LogP) is 1.70. The van der Waals surface area contributed by atoms with Crippen molar-refractivity contribution in [2.45, 2.75) is 6.92 Å².